The van der Waals surface area contributed by atoms with E-state index in [0.29, 0.717) is 30.8 Å². The van der Waals surface area contributed by atoms with Crippen LogP contribution in [-0.4, -0.2) is 23.9 Å². The number of fused-ring (bicyclic) bond motifs is 3. The molecule has 5 nitrogen and oxygen atoms in total. The van der Waals surface area contributed by atoms with Gasteiger partial charge in [0.05, 0.1) is 0 Å². The van der Waals surface area contributed by atoms with Crippen molar-refractivity contribution >= 4 is 35.6 Å². The van der Waals surface area contributed by atoms with Crippen molar-refractivity contribution in [2.45, 2.75) is 57.0 Å². The Kier molecular flexibility index (Phi) is 5.11. The molecule has 3 aliphatic heterocycles. The fraction of sp³-hybridized carbons (Fsp3) is 0.556. The molecule has 2 amide bonds. The Morgan fingerprint density at radius 3 is 2.67 bits per heavy atom. The normalized spacial score (nSPS) is 27.7. The molecule has 3 heterocycles. The molecule has 0 saturated carbocycles. The van der Waals surface area contributed by atoms with Crippen molar-refractivity contribution in [3.8, 4) is 0 Å². The molecule has 0 aromatic heterocycles. The molecule has 0 radical (unpaired) electrons. The first-order valence-corrected chi connectivity index (χ1v) is 8.64. The number of carbonyl (C=O) groups excluding carboxylic acids is 2. The Morgan fingerprint density at radius 1 is 1.17 bits per heavy atom. The summed E-state index contributed by atoms with van der Waals surface area (Å²) in [5.41, 5.74) is 2.74. The number of piperidine rings is 1. The van der Waals surface area contributed by atoms with Gasteiger partial charge in [-0.2, -0.15) is 0 Å². The van der Waals surface area contributed by atoms with E-state index in [0.717, 1.165) is 36.2 Å². The highest BCUT2D eigenvalue weighted by atomic mass is 35.5. The quantitative estimate of drug-likeness (QED) is 0.785. The van der Waals surface area contributed by atoms with Gasteiger partial charge in [-0.25, -0.2) is 0 Å². The van der Waals surface area contributed by atoms with Crippen LogP contribution in [0.1, 0.15) is 44.1 Å². The predicted molar refractivity (Wildman–Crippen MR) is 96.6 cm³/mol. The maximum Gasteiger partial charge on any atom is 0.224 e. The molecule has 24 heavy (non-hydrogen) atoms. The lowest BCUT2D eigenvalue weighted by Crippen LogP contribution is -2.39. The standard InChI is InChI=1S/C18H23N3O2.ClH/c22-17-6-2-12-1-3-15(10-16(12)21-17)20-18(23)9-11-7-13-4-5-14(8-11)19-13;/h1,3,10-11,13-14,19H,2,4-9H2,(H,20,23)(H,21,22);1H. The minimum absolute atomic E-state index is 0. The van der Waals surface area contributed by atoms with Gasteiger partial charge in [0.1, 0.15) is 0 Å². The zero-order chi connectivity index (χ0) is 15.8. The zero-order valence-electron chi connectivity index (χ0n) is 13.6. The SMILES string of the molecule is Cl.O=C(CC1CC2CCC(C1)N2)Nc1ccc2c(c1)NC(=O)CC2. The van der Waals surface area contributed by atoms with Crippen LogP contribution in [0.5, 0.6) is 0 Å². The summed E-state index contributed by atoms with van der Waals surface area (Å²) in [4.78, 5) is 23.8. The van der Waals surface area contributed by atoms with Crippen molar-refractivity contribution in [2.24, 2.45) is 5.92 Å². The summed E-state index contributed by atoms with van der Waals surface area (Å²) < 4.78 is 0. The first-order valence-electron chi connectivity index (χ1n) is 8.64. The number of nitrogens with one attached hydrogen (secondary N) is 3. The largest absolute Gasteiger partial charge is 0.326 e. The fourth-order valence-electron chi connectivity index (χ4n) is 4.27. The minimum Gasteiger partial charge on any atom is -0.326 e. The molecule has 2 bridgehead atoms. The van der Waals surface area contributed by atoms with E-state index < -0.39 is 0 Å². The minimum atomic E-state index is 0. The molecule has 6 heteroatoms. The van der Waals surface area contributed by atoms with Crippen LogP contribution in [0.25, 0.3) is 0 Å². The van der Waals surface area contributed by atoms with Crippen molar-refractivity contribution in [1.82, 2.24) is 5.32 Å². The molecule has 3 N–H and O–H groups in total. The second-order valence-corrected chi connectivity index (χ2v) is 7.15. The van der Waals surface area contributed by atoms with Crippen molar-refractivity contribution in [3.63, 3.8) is 0 Å². The summed E-state index contributed by atoms with van der Waals surface area (Å²) in [6.07, 6.45) is 6.65. The van der Waals surface area contributed by atoms with Crippen molar-refractivity contribution in [1.29, 1.82) is 0 Å². The van der Waals surface area contributed by atoms with Gasteiger partial charge in [-0.05, 0) is 55.7 Å². The van der Waals surface area contributed by atoms with Crippen molar-refractivity contribution in [3.05, 3.63) is 23.8 Å². The maximum absolute atomic E-state index is 12.3. The predicted octanol–water partition coefficient (Wildman–Crippen LogP) is 2.85. The van der Waals surface area contributed by atoms with Crippen LogP contribution in [-0.2, 0) is 16.0 Å². The molecular weight excluding hydrogens is 326 g/mol. The highest BCUT2D eigenvalue weighted by molar-refractivity contribution is 5.96. The van der Waals surface area contributed by atoms with Crippen LogP contribution in [0.15, 0.2) is 18.2 Å². The highest BCUT2D eigenvalue weighted by Crippen LogP contribution is 2.33. The van der Waals surface area contributed by atoms with Gasteiger partial charge in [-0.1, -0.05) is 6.07 Å². The summed E-state index contributed by atoms with van der Waals surface area (Å²) >= 11 is 0. The molecule has 4 rings (SSSR count). The maximum atomic E-state index is 12.3. The van der Waals surface area contributed by atoms with E-state index in [9.17, 15) is 9.59 Å². The van der Waals surface area contributed by atoms with Crippen LogP contribution in [0.3, 0.4) is 0 Å². The van der Waals surface area contributed by atoms with Crippen LogP contribution in [0.2, 0.25) is 0 Å². The topological polar surface area (TPSA) is 70.2 Å². The molecule has 2 saturated heterocycles. The Balaban J connectivity index is 0.00000169. The average Bonchev–Trinajstić information content (AvgIpc) is 2.85. The zero-order valence-corrected chi connectivity index (χ0v) is 14.5. The van der Waals surface area contributed by atoms with E-state index in [4.69, 9.17) is 0 Å². The summed E-state index contributed by atoms with van der Waals surface area (Å²) in [7, 11) is 0. The van der Waals surface area contributed by atoms with E-state index in [1.165, 1.54) is 12.8 Å². The second kappa shape index (κ2) is 7.11. The lowest BCUT2D eigenvalue weighted by atomic mass is 9.89. The van der Waals surface area contributed by atoms with Gasteiger partial charge in [0, 0.05) is 36.3 Å². The van der Waals surface area contributed by atoms with Gasteiger partial charge in [-0.15, -0.1) is 12.4 Å². The van der Waals surface area contributed by atoms with Crippen molar-refractivity contribution < 1.29 is 9.59 Å². The number of benzene rings is 1. The van der Waals surface area contributed by atoms with Crippen LogP contribution in [0.4, 0.5) is 11.4 Å². The molecule has 3 aliphatic rings. The van der Waals surface area contributed by atoms with E-state index >= 15 is 0 Å². The van der Waals surface area contributed by atoms with Gasteiger partial charge in [0.2, 0.25) is 11.8 Å². The number of aryl methyl sites for hydroxylation is 1. The first kappa shape index (κ1) is 17.2. The van der Waals surface area contributed by atoms with Gasteiger partial charge in [0.15, 0.2) is 0 Å². The van der Waals surface area contributed by atoms with Gasteiger partial charge in [-0.3, -0.25) is 9.59 Å². The Hall–Kier alpha value is -1.59. The number of anilines is 2. The number of rotatable bonds is 3. The average molecular weight is 350 g/mol. The third-order valence-electron chi connectivity index (χ3n) is 5.33. The van der Waals surface area contributed by atoms with E-state index in [1.54, 1.807) is 0 Å². The molecule has 1 aromatic rings. The molecule has 2 unspecified atom stereocenters. The number of hydrogen-bond acceptors (Lipinski definition) is 3. The van der Waals surface area contributed by atoms with E-state index in [1.807, 2.05) is 18.2 Å². The molecule has 2 fully saturated rings. The molecule has 0 spiro atoms. The monoisotopic (exact) mass is 349 g/mol. The van der Waals surface area contributed by atoms with Crippen LogP contribution >= 0.6 is 12.4 Å². The van der Waals surface area contributed by atoms with E-state index in [2.05, 4.69) is 16.0 Å². The van der Waals surface area contributed by atoms with Gasteiger partial charge >= 0.3 is 0 Å². The van der Waals surface area contributed by atoms with Crippen LogP contribution in [0, 0.1) is 5.92 Å². The van der Waals surface area contributed by atoms with Gasteiger partial charge < -0.3 is 16.0 Å². The lowest BCUT2D eigenvalue weighted by molar-refractivity contribution is -0.117. The summed E-state index contributed by atoms with van der Waals surface area (Å²) in [5, 5.41) is 9.48. The summed E-state index contributed by atoms with van der Waals surface area (Å²) in [6.45, 7) is 0. The summed E-state index contributed by atoms with van der Waals surface area (Å²) in [6, 6.07) is 7.03. The molecule has 1 aromatic carbocycles. The second-order valence-electron chi connectivity index (χ2n) is 7.15. The third kappa shape index (κ3) is 3.73. The van der Waals surface area contributed by atoms with Crippen molar-refractivity contribution in [2.75, 3.05) is 10.6 Å². The number of hydrogen-bond donors (Lipinski definition) is 3. The van der Waals surface area contributed by atoms with E-state index in [-0.39, 0.29) is 24.2 Å². The Labute approximate surface area is 148 Å². The lowest BCUT2D eigenvalue weighted by Gasteiger charge is -2.28. The smallest absolute Gasteiger partial charge is 0.224 e. The number of carbonyl (C=O) groups is 2. The van der Waals surface area contributed by atoms with Gasteiger partial charge in [0.25, 0.3) is 0 Å². The highest BCUT2D eigenvalue weighted by Gasteiger charge is 2.34. The number of amides is 2. The Morgan fingerprint density at radius 2 is 1.92 bits per heavy atom. The number of halogens is 1. The van der Waals surface area contributed by atoms with Crippen LogP contribution < -0.4 is 16.0 Å². The first-order chi connectivity index (χ1) is 11.2. The molecule has 2 atom stereocenters. The third-order valence-corrected chi connectivity index (χ3v) is 5.33. The fourth-order valence-corrected chi connectivity index (χ4v) is 4.27. The Bertz CT molecular complexity index is 637. The molecule has 130 valence electrons. The molecular formula is C18H24ClN3O2. The molecule has 0 aliphatic carbocycles. The summed E-state index contributed by atoms with van der Waals surface area (Å²) in [5.74, 6) is 0.621.